The standard InChI is InChI=1S/C5H7N3O3/c1-3(8-5(10)11)4(9)2-7-6/h2-3,8H,1H3,(H,10,11)/t3-/m0/s1. The van der Waals surface area contributed by atoms with Crippen LogP contribution in [0.4, 0.5) is 4.79 Å². The number of ketones is 1. The molecule has 1 amide bonds. The van der Waals surface area contributed by atoms with E-state index in [1.54, 1.807) is 0 Å². The van der Waals surface area contributed by atoms with Gasteiger partial charge in [-0.25, -0.2) is 4.79 Å². The topological polar surface area (TPSA) is 103 Å². The molecule has 0 heterocycles. The van der Waals surface area contributed by atoms with E-state index in [1.807, 2.05) is 5.32 Å². The number of hydrogen-bond acceptors (Lipinski definition) is 2. The second kappa shape index (κ2) is 4.19. The summed E-state index contributed by atoms with van der Waals surface area (Å²) in [6.07, 6.45) is -0.655. The van der Waals surface area contributed by atoms with Crippen molar-refractivity contribution in [1.82, 2.24) is 5.32 Å². The van der Waals surface area contributed by atoms with Crippen LogP contribution in [-0.2, 0) is 4.79 Å². The molecule has 6 heteroatoms. The van der Waals surface area contributed by atoms with E-state index in [0.717, 1.165) is 0 Å². The second-order valence-electron chi connectivity index (χ2n) is 1.82. The minimum absolute atomic E-state index is 0.602. The molecule has 0 aromatic carbocycles. The van der Waals surface area contributed by atoms with Crippen molar-refractivity contribution in [3.05, 3.63) is 5.53 Å². The highest BCUT2D eigenvalue weighted by Gasteiger charge is 2.15. The summed E-state index contributed by atoms with van der Waals surface area (Å²) in [5.74, 6) is -0.602. The molecular formula is C5H7N3O3. The van der Waals surface area contributed by atoms with Crippen molar-refractivity contribution in [2.24, 2.45) is 0 Å². The van der Waals surface area contributed by atoms with Crippen molar-refractivity contribution in [2.75, 3.05) is 0 Å². The van der Waals surface area contributed by atoms with Gasteiger partial charge in [0, 0.05) is 0 Å². The zero-order valence-electron chi connectivity index (χ0n) is 5.81. The summed E-state index contributed by atoms with van der Waals surface area (Å²) >= 11 is 0. The quantitative estimate of drug-likeness (QED) is 0.328. The number of Topliss-reactive ketones (excluding diaryl/α,β-unsaturated/α-hetero) is 1. The van der Waals surface area contributed by atoms with Gasteiger partial charge in [-0.15, -0.1) is 0 Å². The fourth-order valence-electron chi connectivity index (χ4n) is 0.425. The van der Waals surface area contributed by atoms with E-state index in [4.69, 9.17) is 10.6 Å². The number of carboxylic acid groups (broad SMARTS) is 1. The maximum atomic E-state index is 10.6. The fraction of sp³-hybridized carbons (Fsp3) is 0.400. The van der Waals surface area contributed by atoms with E-state index in [-0.39, 0.29) is 0 Å². The van der Waals surface area contributed by atoms with E-state index in [2.05, 4.69) is 4.79 Å². The Balaban J connectivity index is 4.02. The lowest BCUT2D eigenvalue weighted by molar-refractivity contribution is -0.117. The molecule has 0 saturated carbocycles. The summed E-state index contributed by atoms with van der Waals surface area (Å²) in [7, 11) is 0. The van der Waals surface area contributed by atoms with E-state index in [0.29, 0.717) is 6.21 Å². The average molecular weight is 157 g/mol. The van der Waals surface area contributed by atoms with Crippen LogP contribution >= 0.6 is 0 Å². The number of hydrogen-bond donors (Lipinski definition) is 2. The molecule has 6 nitrogen and oxygen atoms in total. The molecule has 0 spiro atoms. The zero-order chi connectivity index (χ0) is 8.85. The normalized spacial score (nSPS) is 11.0. The van der Waals surface area contributed by atoms with E-state index >= 15 is 0 Å². The monoisotopic (exact) mass is 157 g/mol. The number of amides is 1. The molecule has 0 rings (SSSR count). The molecule has 0 aliphatic carbocycles. The first-order chi connectivity index (χ1) is 5.07. The van der Waals surface area contributed by atoms with Crippen LogP contribution in [0.5, 0.6) is 0 Å². The molecule has 0 aliphatic heterocycles. The summed E-state index contributed by atoms with van der Waals surface area (Å²) in [5, 5.41) is 10.0. The van der Waals surface area contributed by atoms with Gasteiger partial charge in [0.25, 0.3) is 5.78 Å². The van der Waals surface area contributed by atoms with Gasteiger partial charge in [-0.1, -0.05) is 0 Å². The second-order valence-corrected chi connectivity index (χ2v) is 1.82. The highest BCUT2D eigenvalue weighted by molar-refractivity contribution is 6.27. The zero-order valence-corrected chi connectivity index (χ0v) is 5.81. The Hall–Kier alpha value is -1.68. The summed E-state index contributed by atoms with van der Waals surface area (Å²) < 4.78 is 0. The van der Waals surface area contributed by atoms with Crippen LogP contribution < -0.4 is 5.32 Å². The number of carbonyl (C=O) groups excluding carboxylic acids is 1. The Bertz CT molecular complexity index is 219. The lowest BCUT2D eigenvalue weighted by Gasteiger charge is -2.02. The third kappa shape index (κ3) is 3.83. The van der Waals surface area contributed by atoms with Gasteiger partial charge in [-0.3, -0.25) is 4.79 Å². The third-order valence-corrected chi connectivity index (χ3v) is 0.952. The van der Waals surface area contributed by atoms with Crippen LogP contribution in [0.3, 0.4) is 0 Å². The summed E-state index contributed by atoms with van der Waals surface area (Å²) in [4.78, 5) is 23.0. The molecule has 1 atom stereocenters. The Morgan fingerprint density at radius 3 is 2.64 bits per heavy atom. The molecule has 0 aromatic heterocycles. The highest BCUT2D eigenvalue weighted by atomic mass is 16.4. The van der Waals surface area contributed by atoms with E-state index in [9.17, 15) is 9.59 Å². The molecule has 11 heavy (non-hydrogen) atoms. The van der Waals surface area contributed by atoms with Crippen molar-refractivity contribution in [3.63, 3.8) is 0 Å². The highest BCUT2D eigenvalue weighted by Crippen LogP contribution is 1.80. The first-order valence-electron chi connectivity index (χ1n) is 2.78. The van der Waals surface area contributed by atoms with Crippen LogP contribution in [0.1, 0.15) is 6.92 Å². The Morgan fingerprint density at radius 2 is 2.27 bits per heavy atom. The van der Waals surface area contributed by atoms with E-state index < -0.39 is 17.9 Å². The van der Waals surface area contributed by atoms with Crippen LogP contribution in [0.2, 0.25) is 0 Å². The summed E-state index contributed by atoms with van der Waals surface area (Å²) in [6.45, 7) is 1.35. The number of nitrogens with zero attached hydrogens (tertiary/aromatic N) is 2. The summed E-state index contributed by atoms with van der Waals surface area (Å²) in [6, 6.07) is -0.886. The SMILES string of the molecule is C[C@H](NC(=O)O)C(=O)C=[N+]=[N-]. The third-order valence-electron chi connectivity index (χ3n) is 0.952. The first-order valence-corrected chi connectivity index (χ1v) is 2.78. The van der Waals surface area contributed by atoms with E-state index in [1.165, 1.54) is 6.92 Å². The smallest absolute Gasteiger partial charge is 0.405 e. The molecule has 60 valence electrons. The molecule has 0 aliphatic rings. The lowest BCUT2D eigenvalue weighted by Crippen LogP contribution is -2.38. The molecule has 0 unspecified atom stereocenters. The Kier molecular flexibility index (Phi) is 3.55. The van der Waals surface area contributed by atoms with Gasteiger partial charge < -0.3 is 16.0 Å². The Morgan fingerprint density at radius 1 is 1.73 bits per heavy atom. The number of nitrogens with one attached hydrogen (secondary N) is 1. The molecular weight excluding hydrogens is 150 g/mol. The summed E-state index contributed by atoms with van der Waals surface area (Å²) in [5.41, 5.74) is 7.89. The number of rotatable bonds is 3. The maximum absolute atomic E-state index is 10.6. The molecule has 2 N–H and O–H groups in total. The van der Waals surface area contributed by atoms with Crippen molar-refractivity contribution in [3.8, 4) is 0 Å². The minimum atomic E-state index is -1.29. The van der Waals surface area contributed by atoms with Crippen molar-refractivity contribution >= 4 is 18.1 Å². The Labute approximate surface area is 62.4 Å². The predicted octanol–water partition coefficient (Wildman–Crippen LogP) is -0.488. The molecule has 0 fully saturated rings. The molecule has 0 radical (unpaired) electrons. The van der Waals surface area contributed by atoms with Crippen LogP contribution in [0.15, 0.2) is 0 Å². The predicted molar refractivity (Wildman–Crippen MR) is 35.3 cm³/mol. The average Bonchev–Trinajstić information content (AvgIpc) is 1.86. The van der Waals surface area contributed by atoms with Gasteiger partial charge in [0.05, 0.1) is 6.04 Å². The lowest BCUT2D eigenvalue weighted by atomic mass is 10.2. The van der Waals surface area contributed by atoms with Gasteiger partial charge in [0.2, 0.25) is 0 Å². The van der Waals surface area contributed by atoms with Crippen LogP contribution in [-0.4, -0.2) is 34.0 Å². The van der Waals surface area contributed by atoms with Crippen molar-refractivity contribution in [1.29, 1.82) is 0 Å². The molecule has 0 saturated heterocycles. The maximum Gasteiger partial charge on any atom is 0.405 e. The molecule has 0 aromatic rings. The van der Waals surface area contributed by atoms with Gasteiger partial charge in [0.1, 0.15) is 0 Å². The van der Waals surface area contributed by atoms with Gasteiger partial charge in [0.15, 0.2) is 0 Å². The fourth-order valence-corrected chi connectivity index (χ4v) is 0.425. The molecule has 0 bridgehead atoms. The van der Waals surface area contributed by atoms with Crippen molar-refractivity contribution in [2.45, 2.75) is 13.0 Å². The first kappa shape index (κ1) is 9.32. The van der Waals surface area contributed by atoms with Crippen LogP contribution in [0.25, 0.3) is 5.53 Å². The minimum Gasteiger partial charge on any atom is -0.465 e. The van der Waals surface area contributed by atoms with Crippen LogP contribution in [0, 0.1) is 0 Å². The largest absolute Gasteiger partial charge is 0.465 e. The number of carbonyl (C=O) groups is 2. The van der Waals surface area contributed by atoms with Gasteiger partial charge in [-0.05, 0) is 6.92 Å². The van der Waals surface area contributed by atoms with Crippen molar-refractivity contribution < 1.29 is 19.5 Å². The van der Waals surface area contributed by atoms with Gasteiger partial charge in [-0.2, -0.15) is 4.79 Å². The van der Waals surface area contributed by atoms with Gasteiger partial charge >= 0.3 is 12.3 Å².